The number of hydrogen-bond acceptors (Lipinski definition) is 4. The van der Waals surface area contributed by atoms with Gasteiger partial charge in [-0.3, -0.25) is 0 Å². The monoisotopic (exact) mass is 586 g/mol. The molecular weight excluding hydrogens is 560 g/mol. The number of hydrogen-bond donors (Lipinski definition) is 0. The summed E-state index contributed by atoms with van der Waals surface area (Å²) in [5, 5.41) is 2.61. The van der Waals surface area contributed by atoms with Crippen LogP contribution in [0.5, 0.6) is 0 Å². The zero-order chi connectivity index (χ0) is 30.5. The van der Waals surface area contributed by atoms with Gasteiger partial charge in [-0.05, 0) is 55.8 Å². The van der Waals surface area contributed by atoms with E-state index in [-0.39, 0.29) is 0 Å². The van der Waals surface area contributed by atoms with Gasteiger partial charge in [-0.1, -0.05) is 133 Å². The van der Waals surface area contributed by atoms with Crippen LogP contribution in [0.4, 0.5) is 0 Å². The Morgan fingerprint density at radius 1 is 0.348 bits per heavy atom. The van der Waals surface area contributed by atoms with Crippen LogP contribution in [0.2, 0.25) is 0 Å². The fraction of sp³-hybridized carbons (Fsp3) is 0. The summed E-state index contributed by atoms with van der Waals surface area (Å²) in [5.41, 5.74) is 14.5. The van der Waals surface area contributed by atoms with E-state index in [1.54, 1.807) is 6.33 Å². The van der Waals surface area contributed by atoms with E-state index in [0.29, 0.717) is 5.82 Å². The number of rotatable bonds is 5. The Morgan fingerprint density at radius 3 is 1.61 bits per heavy atom. The van der Waals surface area contributed by atoms with Crippen molar-refractivity contribution >= 4 is 10.8 Å². The molecule has 4 nitrogen and oxygen atoms in total. The van der Waals surface area contributed by atoms with E-state index in [9.17, 15) is 0 Å². The second-order valence-electron chi connectivity index (χ2n) is 11.5. The first-order chi connectivity index (χ1) is 22.8. The van der Waals surface area contributed by atoms with Gasteiger partial charge in [0.05, 0.1) is 11.4 Å². The second kappa shape index (κ2) is 10.7. The van der Waals surface area contributed by atoms with Crippen LogP contribution >= 0.6 is 0 Å². The molecule has 2 aromatic heterocycles. The van der Waals surface area contributed by atoms with Gasteiger partial charge >= 0.3 is 0 Å². The van der Waals surface area contributed by atoms with Crippen molar-refractivity contribution in [1.82, 2.24) is 19.9 Å². The molecule has 0 fully saturated rings. The lowest BCUT2D eigenvalue weighted by Gasteiger charge is -2.12. The van der Waals surface area contributed by atoms with Crippen LogP contribution < -0.4 is 0 Å². The molecule has 0 atom stereocenters. The highest BCUT2D eigenvalue weighted by Gasteiger charge is 2.22. The molecule has 0 unspecified atom stereocenters. The second-order valence-corrected chi connectivity index (χ2v) is 11.5. The normalized spacial score (nSPS) is 11.5. The summed E-state index contributed by atoms with van der Waals surface area (Å²) in [6.45, 7) is 0. The lowest BCUT2D eigenvalue weighted by molar-refractivity contribution is 1.17. The Morgan fingerprint density at radius 2 is 0.891 bits per heavy atom. The van der Waals surface area contributed by atoms with E-state index < -0.39 is 0 Å². The summed E-state index contributed by atoms with van der Waals surface area (Å²) in [6, 6.07) is 49.3. The molecule has 0 amide bonds. The van der Waals surface area contributed by atoms with E-state index in [1.807, 2.05) is 30.6 Å². The Hall–Kier alpha value is -6.26. The summed E-state index contributed by atoms with van der Waals surface area (Å²) < 4.78 is 0. The highest BCUT2D eigenvalue weighted by molar-refractivity contribution is 6.18. The molecule has 0 bridgehead atoms. The van der Waals surface area contributed by atoms with Crippen molar-refractivity contribution in [2.75, 3.05) is 0 Å². The van der Waals surface area contributed by atoms with Crippen molar-refractivity contribution in [3.8, 4) is 78.4 Å². The molecule has 6 aromatic carbocycles. The Labute approximate surface area is 266 Å². The molecule has 2 heterocycles. The third kappa shape index (κ3) is 4.39. The van der Waals surface area contributed by atoms with E-state index in [0.717, 1.165) is 39.2 Å². The lowest BCUT2D eigenvalue weighted by Crippen LogP contribution is -1.96. The van der Waals surface area contributed by atoms with Crippen LogP contribution in [0.1, 0.15) is 0 Å². The van der Waals surface area contributed by atoms with Gasteiger partial charge in [-0.15, -0.1) is 0 Å². The van der Waals surface area contributed by atoms with E-state index in [4.69, 9.17) is 9.97 Å². The van der Waals surface area contributed by atoms with Crippen LogP contribution in [0.25, 0.3) is 89.2 Å². The van der Waals surface area contributed by atoms with Gasteiger partial charge in [0.2, 0.25) is 0 Å². The molecule has 46 heavy (non-hydrogen) atoms. The van der Waals surface area contributed by atoms with Gasteiger partial charge in [-0.2, -0.15) is 0 Å². The molecular formula is C42H26N4. The van der Waals surface area contributed by atoms with Gasteiger partial charge in [0.15, 0.2) is 5.82 Å². The summed E-state index contributed by atoms with van der Waals surface area (Å²) in [5.74, 6) is 0.684. The molecule has 0 saturated carbocycles. The van der Waals surface area contributed by atoms with E-state index >= 15 is 0 Å². The van der Waals surface area contributed by atoms with Crippen LogP contribution in [0.3, 0.4) is 0 Å². The van der Waals surface area contributed by atoms with Crippen molar-refractivity contribution in [3.63, 3.8) is 0 Å². The molecule has 4 heteroatoms. The fourth-order valence-electron chi connectivity index (χ4n) is 6.62. The minimum Gasteiger partial charge on any atom is -0.244 e. The maximum Gasteiger partial charge on any atom is 0.160 e. The quantitative estimate of drug-likeness (QED) is 0.201. The first-order valence-electron chi connectivity index (χ1n) is 15.4. The predicted molar refractivity (Wildman–Crippen MR) is 187 cm³/mol. The minimum atomic E-state index is 0.684. The highest BCUT2D eigenvalue weighted by Crippen LogP contribution is 2.49. The number of nitrogens with zero attached hydrogens (tertiary/aromatic N) is 4. The molecule has 0 spiro atoms. The summed E-state index contributed by atoms with van der Waals surface area (Å²) in [6.07, 6.45) is 5.18. The molecule has 214 valence electrons. The van der Waals surface area contributed by atoms with Crippen molar-refractivity contribution < 1.29 is 0 Å². The third-order valence-corrected chi connectivity index (χ3v) is 8.87. The van der Waals surface area contributed by atoms with Gasteiger partial charge < -0.3 is 0 Å². The van der Waals surface area contributed by atoms with Gasteiger partial charge in [0.1, 0.15) is 6.33 Å². The Bertz CT molecular complexity index is 2350. The first kappa shape index (κ1) is 26.2. The SMILES string of the molecule is c1ccc(-c2cc(-c3ccc(-c4ccc5c6c(cccc46)-c4ccccc4-5)cc3)nc(-c3ccc(-c4cncnc4)cc3)n2)cc1. The summed E-state index contributed by atoms with van der Waals surface area (Å²) >= 11 is 0. The Kier molecular flexibility index (Phi) is 6.10. The molecule has 1 aliphatic carbocycles. The van der Waals surface area contributed by atoms with Crippen LogP contribution in [0.15, 0.2) is 158 Å². The third-order valence-electron chi connectivity index (χ3n) is 8.87. The molecule has 0 N–H and O–H groups in total. The average Bonchev–Trinajstić information content (AvgIpc) is 3.47. The summed E-state index contributed by atoms with van der Waals surface area (Å²) in [7, 11) is 0. The minimum absolute atomic E-state index is 0.684. The molecule has 0 radical (unpaired) electrons. The molecule has 8 aromatic rings. The molecule has 0 saturated heterocycles. The Balaban J connectivity index is 1.11. The van der Waals surface area contributed by atoms with Crippen molar-refractivity contribution in [2.45, 2.75) is 0 Å². The van der Waals surface area contributed by atoms with Crippen LogP contribution in [-0.2, 0) is 0 Å². The van der Waals surface area contributed by atoms with Crippen molar-refractivity contribution in [3.05, 3.63) is 158 Å². The maximum atomic E-state index is 5.07. The summed E-state index contributed by atoms with van der Waals surface area (Å²) in [4.78, 5) is 18.4. The smallest absolute Gasteiger partial charge is 0.160 e. The lowest BCUT2D eigenvalue weighted by atomic mass is 9.93. The van der Waals surface area contributed by atoms with Crippen molar-refractivity contribution in [2.24, 2.45) is 0 Å². The number of aromatic nitrogens is 4. The number of fused-ring (bicyclic) bond motifs is 3. The predicted octanol–water partition coefficient (Wildman–Crippen LogP) is 10.4. The zero-order valence-corrected chi connectivity index (χ0v) is 24.8. The molecule has 1 aliphatic rings. The molecule has 0 aliphatic heterocycles. The number of benzene rings is 6. The van der Waals surface area contributed by atoms with Crippen molar-refractivity contribution in [1.29, 1.82) is 0 Å². The molecule has 9 rings (SSSR count). The van der Waals surface area contributed by atoms with Crippen LogP contribution in [-0.4, -0.2) is 19.9 Å². The fourth-order valence-corrected chi connectivity index (χ4v) is 6.62. The standard InChI is InChI=1S/C42H26N4/c1-2-7-29(8-3-1)39-23-40(46-42(45-39)31-19-13-27(14-20-31)32-24-43-26-44-25-32)30-17-15-28(16-18-30)33-21-22-38-35-10-5-4-9-34(35)37-12-6-11-36(33)41(37)38/h1-26H. The topological polar surface area (TPSA) is 51.6 Å². The highest BCUT2D eigenvalue weighted by atomic mass is 14.9. The first-order valence-corrected chi connectivity index (χ1v) is 15.4. The zero-order valence-electron chi connectivity index (χ0n) is 24.8. The van der Waals surface area contributed by atoms with E-state index in [1.165, 1.54) is 44.2 Å². The van der Waals surface area contributed by atoms with E-state index in [2.05, 4.69) is 131 Å². The van der Waals surface area contributed by atoms with Gasteiger partial charge in [-0.25, -0.2) is 19.9 Å². The maximum absolute atomic E-state index is 5.07. The van der Waals surface area contributed by atoms with Gasteiger partial charge in [0.25, 0.3) is 0 Å². The van der Waals surface area contributed by atoms with Crippen LogP contribution in [0, 0.1) is 0 Å². The average molecular weight is 587 g/mol. The largest absolute Gasteiger partial charge is 0.244 e. The van der Waals surface area contributed by atoms with Gasteiger partial charge in [0, 0.05) is 34.6 Å².